The van der Waals surface area contributed by atoms with Crippen LogP contribution in [-0.4, -0.2) is 112 Å². The molecule has 7 fully saturated rings. The number of hydrogen-bond acceptors (Lipinski definition) is 12. The molecular formula is C51H59N3O11. The number of nitrogens with one attached hydrogen (secondary N) is 1. The van der Waals surface area contributed by atoms with Crippen LogP contribution in [0.5, 0.6) is 0 Å². The van der Waals surface area contributed by atoms with Crippen molar-refractivity contribution < 1.29 is 52.8 Å². The first-order valence-corrected chi connectivity index (χ1v) is 23.3. The molecule has 5 aliphatic heterocycles. The molecule has 2 aliphatic carbocycles. The second-order valence-corrected chi connectivity index (χ2v) is 19.8. The highest BCUT2D eigenvalue weighted by Crippen LogP contribution is 2.60. The van der Waals surface area contributed by atoms with E-state index in [0.29, 0.717) is 31.0 Å². The summed E-state index contributed by atoms with van der Waals surface area (Å²) < 4.78 is 31.8. The number of ether oxygens (including phenoxy) is 5. The molecule has 2 N–H and O–H groups in total. The van der Waals surface area contributed by atoms with Gasteiger partial charge in [-0.2, -0.15) is 5.06 Å². The fourth-order valence-corrected chi connectivity index (χ4v) is 11.2. The van der Waals surface area contributed by atoms with Crippen molar-refractivity contribution in [3.63, 3.8) is 0 Å². The molecule has 2 saturated carbocycles. The topological polar surface area (TPSA) is 166 Å². The fourth-order valence-electron chi connectivity index (χ4n) is 11.2. The maximum atomic E-state index is 15.8. The van der Waals surface area contributed by atoms with Gasteiger partial charge in [-0.05, 0) is 76.3 Å². The average molecular weight is 890 g/mol. The predicted octanol–water partition coefficient (Wildman–Crippen LogP) is 5.34. The number of nitrogens with zero attached hydrogens (tertiary/aromatic N) is 2. The Balaban J connectivity index is 0.967. The van der Waals surface area contributed by atoms with Crippen molar-refractivity contribution in [1.29, 1.82) is 0 Å². The molecule has 5 heterocycles. The Hall–Kier alpha value is -4.96. The number of benzene rings is 3. The number of amides is 2. The van der Waals surface area contributed by atoms with E-state index in [9.17, 15) is 19.5 Å². The SMILES string of the molecule is CC(C)(C)OC(=O)CCC(CO)NC(=O)C1CCCN1C(=O)C12CC3OC(=O)C1N(Cc1cccc(C=CC4CCC5OC5C4)c1)OC2C1OC(c2ccccc2)(c2ccccc2)OC31. The maximum Gasteiger partial charge on any atom is 0.327 e. The van der Waals surface area contributed by atoms with Crippen LogP contribution in [0.4, 0.5) is 0 Å². The Bertz CT molecular complexity index is 2260. The normalized spacial score (nSPS) is 32.6. The Kier molecular flexibility index (Phi) is 11.7. The van der Waals surface area contributed by atoms with Gasteiger partial charge in [0.25, 0.3) is 0 Å². The number of hydrogen-bond donors (Lipinski definition) is 2. The van der Waals surface area contributed by atoms with E-state index in [1.807, 2.05) is 78.9 Å². The third-order valence-electron chi connectivity index (χ3n) is 14.3. The minimum atomic E-state index is -1.52. The second kappa shape index (κ2) is 17.4. The number of likely N-dealkylation sites (tertiary alicyclic amines) is 1. The molecule has 0 radical (unpaired) electrons. The van der Waals surface area contributed by atoms with Gasteiger partial charge >= 0.3 is 11.9 Å². The molecule has 65 heavy (non-hydrogen) atoms. The smallest absolute Gasteiger partial charge is 0.327 e. The highest BCUT2D eigenvalue weighted by Gasteiger charge is 2.77. The summed E-state index contributed by atoms with van der Waals surface area (Å²) in [6.45, 7) is 5.36. The lowest BCUT2D eigenvalue weighted by Crippen LogP contribution is -2.70. The summed E-state index contributed by atoms with van der Waals surface area (Å²) in [5.74, 6) is -2.85. The third kappa shape index (κ3) is 8.31. The zero-order valence-corrected chi connectivity index (χ0v) is 37.2. The van der Waals surface area contributed by atoms with Gasteiger partial charge < -0.3 is 39.0 Å². The molecule has 3 aromatic rings. The quantitative estimate of drug-likeness (QED) is 0.168. The van der Waals surface area contributed by atoms with Crippen LogP contribution in [0.2, 0.25) is 0 Å². The van der Waals surface area contributed by atoms with E-state index < -0.39 is 89.7 Å². The van der Waals surface area contributed by atoms with Crippen LogP contribution in [0.1, 0.15) is 94.4 Å². The zero-order chi connectivity index (χ0) is 45.1. The van der Waals surface area contributed by atoms with Crippen LogP contribution in [0.25, 0.3) is 6.08 Å². The summed E-state index contributed by atoms with van der Waals surface area (Å²) in [6.07, 6.45) is 6.03. The highest BCUT2D eigenvalue weighted by atomic mass is 16.8. The van der Waals surface area contributed by atoms with Gasteiger partial charge in [-0.3, -0.25) is 24.0 Å². The number of esters is 2. The minimum absolute atomic E-state index is 0.00669. The second-order valence-electron chi connectivity index (χ2n) is 19.8. The fraction of sp³-hybridized carbons (Fsp3) is 0.529. The van der Waals surface area contributed by atoms with Crippen LogP contribution >= 0.6 is 0 Å². The van der Waals surface area contributed by atoms with Crippen molar-refractivity contribution >= 4 is 29.8 Å². The van der Waals surface area contributed by atoms with E-state index in [1.165, 1.54) is 0 Å². The number of hydroxylamine groups is 2. The molecular weight excluding hydrogens is 831 g/mol. The Morgan fingerprint density at radius 2 is 1.66 bits per heavy atom. The van der Waals surface area contributed by atoms with Crippen molar-refractivity contribution in [3.8, 4) is 0 Å². The number of carbonyl (C=O) groups is 4. The summed E-state index contributed by atoms with van der Waals surface area (Å²) in [5.41, 5.74) is 1.16. The maximum absolute atomic E-state index is 15.8. The number of epoxide rings is 1. The third-order valence-corrected chi connectivity index (χ3v) is 14.3. The molecule has 0 spiro atoms. The molecule has 7 aliphatic rings. The van der Waals surface area contributed by atoms with Crippen molar-refractivity contribution in [2.75, 3.05) is 13.2 Å². The summed E-state index contributed by atoms with van der Waals surface area (Å²) in [7, 11) is 0. The molecule has 0 aromatic heterocycles. The van der Waals surface area contributed by atoms with E-state index in [-0.39, 0.29) is 32.4 Å². The molecule has 11 atom stereocenters. The van der Waals surface area contributed by atoms with E-state index in [0.717, 1.165) is 41.5 Å². The van der Waals surface area contributed by atoms with Gasteiger partial charge in [0.1, 0.15) is 41.5 Å². The number of aliphatic hydroxyl groups excluding tert-OH is 1. The number of aliphatic hydroxyl groups is 1. The first kappa shape index (κ1) is 43.9. The number of carbonyl (C=O) groups excluding carboxylic acids is 4. The van der Waals surface area contributed by atoms with Crippen LogP contribution in [0.15, 0.2) is 91.0 Å². The molecule has 2 amide bonds. The van der Waals surface area contributed by atoms with E-state index in [1.54, 1.807) is 30.7 Å². The van der Waals surface area contributed by atoms with Gasteiger partial charge in [0, 0.05) is 30.5 Å². The summed E-state index contributed by atoms with van der Waals surface area (Å²) in [6, 6.07) is 24.5. The lowest BCUT2D eigenvalue weighted by Gasteiger charge is -2.50. The molecule has 14 heteroatoms. The van der Waals surface area contributed by atoms with E-state index >= 15 is 4.79 Å². The standard InChI is InChI=1S/C51H59N3O11/c1-49(2,3)62-41(56)24-22-36(30-55)52-46(57)37-18-11-25-53(37)48(59)50-28-40-42-43(64-51(63-42,34-14-6-4-7-15-34)35-16-8-5-9-17-35)45(50)65-54(44(50)47(58)61-40)29-33-13-10-12-31(26-33)19-20-32-21-23-38-39(27-32)60-38/h4-10,12-17,19-20,26,32,36-40,42-45,55H,11,18,21-25,27-30H2,1-3H3,(H,52,57). The molecule has 2 bridgehead atoms. The van der Waals surface area contributed by atoms with Crippen LogP contribution in [0, 0.1) is 11.3 Å². The van der Waals surface area contributed by atoms with Gasteiger partial charge in [0.15, 0.2) is 6.04 Å². The van der Waals surface area contributed by atoms with Crippen LogP contribution in [-0.2, 0) is 60.0 Å². The van der Waals surface area contributed by atoms with Crippen LogP contribution < -0.4 is 5.32 Å². The molecule has 3 aromatic carbocycles. The van der Waals surface area contributed by atoms with Crippen molar-refractivity contribution in [3.05, 3.63) is 113 Å². The first-order chi connectivity index (χ1) is 31.3. The summed E-state index contributed by atoms with van der Waals surface area (Å²) >= 11 is 0. The number of rotatable bonds is 13. The van der Waals surface area contributed by atoms with Crippen LogP contribution in [0.3, 0.4) is 0 Å². The van der Waals surface area contributed by atoms with Gasteiger partial charge in [0.05, 0.1) is 31.4 Å². The monoisotopic (exact) mass is 889 g/mol. The van der Waals surface area contributed by atoms with E-state index in [2.05, 4.69) is 23.5 Å². The highest BCUT2D eigenvalue weighted by molar-refractivity contribution is 5.96. The number of allylic oxidation sites excluding steroid dienone is 1. The van der Waals surface area contributed by atoms with Gasteiger partial charge in [-0.15, -0.1) is 0 Å². The molecule has 10 rings (SSSR count). The molecule has 5 saturated heterocycles. The van der Waals surface area contributed by atoms with Gasteiger partial charge in [-0.1, -0.05) is 97.1 Å². The Morgan fingerprint density at radius 1 is 0.923 bits per heavy atom. The predicted molar refractivity (Wildman–Crippen MR) is 235 cm³/mol. The largest absolute Gasteiger partial charge is 0.460 e. The first-order valence-electron chi connectivity index (χ1n) is 23.3. The van der Waals surface area contributed by atoms with Crippen molar-refractivity contribution in [2.45, 2.75) is 145 Å². The van der Waals surface area contributed by atoms with Crippen molar-refractivity contribution in [2.24, 2.45) is 11.3 Å². The molecule has 11 unspecified atom stereocenters. The minimum Gasteiger partial charge on any atom is -0.460 e. The lowest BCUT2D eigenvalue weighted by molar-refractivity contribution is -0.214. The Labute approximate surface area is 379 Å². The van der Waals surface area contributed by atoms with Gasteiger partial charge in [-0.25, -0.2) is 0 Å². The summed E-state index contributed by atoms with van der Waals surface area (Å²) in [5, 5.41) is 14.8. The molecule has 14 nitrogen and oxygen atoms in total. The lowest BCUT2D eigenvalue weighted by atomic mass is 9.62. The Morgan fingerprint density at radius 3 is 2.37 bits per heavy atom. The average Bonchev–Trinajstić information content (AvgIpc) is 3.57. The van der Waals surface area contributed by atoms with Crippen molar-refractivity contribution in [1.82, 2.24) is 15.3 Å². The van der Waals surface area contributed by atoms with Gasteiger partial charge in [0.2, 0.25) is 17.6 Å². The summed E-state index contributed by atoms with van der Waals surface area (Å²) in [4.78, 5) is 65.7. The molecule has 344 valence electrons. The number of fused-ring (bicyclic) bond motifs is 5. The van der Waals surface area contributed by atoms with E-state index in [4.69, 9.17) is 28.5 Å². The zero-order valence-electron chi connectivity index (χ0n) is 37.2.